The first-order valence-corrected chi connectivity index (χ1v) is 10.4. The molecule has 2 amide bonds. The molecule has 0 spiro atoms. The Kier molecular flexibility index (Phi) is 7.81. The Balaban J connectivity index is 1.57. The highest BCUT2D eigenvalue weighted by atomic mass is 35.5. The van der Waals surface area contributed by atoms with Crippen LogP contribution in [0.1, 0.15) is 19.8 Å². The molecule has 2 unspecified atom stereocenters. The van der Waals surface area contributed by atoms with Crippen LogP contribution in [-0.2, 0) is 9.59 Å². The topological polar surface area (TPSA) is 70.7 Å². The first kappa shape index (κ1) is 23.0. The van der Waals surface area contributed by atoms with Crippen LogP contribution in [0.5, 0.6) is 5.75 Å². The third-order valence-corrected chi connectivity index (χ3v) is 5.50. The number of anilines is 2. The van der Waals surface area contributed by atoms with Crippen molar-refractivity contribution in [3.8, 4) is 5.75 Å². The Labute approximate surface area is 184 Å². The van der Waals surface area contributed by atoms with Gasteiger partial charge in [-0.3, -0.25) is 14.5 Å². The number of amides is 2. The van der Waals surface area contributed by atoms with Gasteiger partial charge in [0, 0.05) is 17.9 Å². The molecule has 1 aliphatic heterocycles. The van der Waals surface area contributed by atoms with E-state index < -0.39 is 12.7 Å². The maximum atomic E-state index is 12.7. The number of benzene rings is 2. The standard InChI is InChI=1S/C22H24ClF2N3O3/c1-14(20(29)27-17-9-10-19(18(23)12-17)31-22(24)25)28-11-5-6-15(13-28)21(30)26-16-7-3-2-4-8-16/h2-4,7-10,12,14-15,22H,5-6,11,13H2,1H3,(H,26,30)(H,27,29). The molecule has 3 rings (SSSR count). The van der Waals surface area contributed by atoms with E-state index in [1.165, 1.54) is 18.2 Å². The van der Waals surface area contributed by atoms with Crippen molar-refractivity contribution in [1.82, 2.24) is 4.90 Å². The summed E-state index contributed by atoms with van der Waals surface area (Å²) >= 11 is 5.94. The zero-order valence-electron chi connectivity index (χ0n) is 17.0. The largest absolute Gasteiger partial charge is 0.433 e. The van der Waals surface area contributed by atoms with Gasteiger partial charge in [-0.2, -0.15) is 8.78 Å². The zero-order chi connectivity index (χ0) is 22.4. The summed E-state index contributed by atoms with van der Waals surface area (Å²) in [7, 11) is 0. The molecular formula is C22H24ClF2N3O3. The average molecular weight is 452 g/mol. The number of nitrogens with zero attached hydrogens (tertiary/aromatic N) is 1. The molecule has 166 valence electrons. The highest BCUT2D eigenvalue weighted by Gasteiger charge is 2.31. The number of halogens is 3. The number of hydrogen-bond acceptors (Lipinski definition) is 4. The molecule has 2 atom stereocenters. The van der Waals surface area contributed by atoms with Gasteiger partial charge in [0.1, 0.15) is 5.75 Å². The number of rotatable bonds is 7. The fraction of sp³-hybridized carbons (Fsp3) is 0.364. The molecule has 1 fully saturated rings. The summed E-state index contributed by atoms with van der Waals surface area (Å²) in [5.74, 6) is -0.719. The quantitative estimate of drug-likeness (QED) is 0.644. The van der Waals surface area contributed by atoms with Gasteiger partial charge in [-0.1, -0.05) is 29.8 Å². The van der Waals surface area contributed by atoms with Crippen LogP contribution in [0, 0.1) is 5.92 Å². The molecule has 0 saturated carbocycles. The van der Waals surface area contributed by atoms with E-state index in [9.17, 15) is 18.4 Å². The minimum Gasteiger partial charge on any atom is -0.433 e. The number of hydrogen-bond donors (Lipinski definition) is 2. The van der Waals surface area contributed by atoms with E-state index in [4.69, 9.17) is 11.6 Å². The van der Waals surface area contributed by atoms with E-state index >= 15 is 0 Å². The SMILES string of the molecule is CC(C(=O)Nc1ccc(OC(F)F)c(Cl)c1)N1CCCC(C(=O)Nc2ccccc2)C1. The maximum absolute atomic E-state index is 12.7. The van der Waals surface area contributed by atoms with Gasteiger partial charge in [-0.05, 0) is 56.6 Å². The third kappa shape index (κ3) is 6.38. The summed E-state index contributed by atoms with van der Waals surface area (Å²) in [5.41, 5.74) is 1.12. The van der Waals surface area contributed by atoms with Crippen LogP contribution in [0.25, 0.3) is 0 Å². The van der Waals surface area contributed by atoms with Crippen LogP contribution in [0.4, 0.5) is 20.2 Å². The van der Waals surface area contributed by atoms with Gasteiger partial charge in [0.15, 0.2) is 0 Å². The Hall–Kier alpha value is -2.71. The van der Waals surface area contributed by atoms with Crippen molar-refractivity contribution in [2.75, 3.05) is 23.7 Å². The smallest absolute Gasteiger partial charge is 0.387 e. The molecule has 9 heteroatoms. The number of alkyl halides is 2. The van der Waals surface area contributed by atoms with Gasteiger partial charge in [0.05, 0.1) is 17.0 Å². The van der Waals surface area contributed by atoms with Crippen molar-refractivity contribution < 1.29 is 23.1 Å². The molecule has 2 aromatic rings. The second-order valence-electron chi connectivity index (χ2n) is 7.38. The van der Waals surface area contributed by atoms with Gasteiger partial charge in [-0.15, -0.1) is 0 Å². The number of carbonyl (C=O) groups excluding carboxylic acids is 2. The van der Waals surface area contributed by atoms with E-state index in [1.807, 2.05) is 35.2 Å². The van der Waals surface area contributed by atoms with Crippen LogP contribution in [0.2, 0.25) is 5.02 Å². The second kappa shape index (κ2) is 10.5. The molecule has 2 N–H and O–H groups in total. The van der Waals surface area contributed by atoms with Crippen LogP contribution in [0.3, 0.4) is 0 Å². The lowest BCUT2D eigenvalue weighted by atomic mass is 9.95. The highest BCUT2D eigenvalue weighted by Crippen LogP contribution is 2.29. The van der Waals surface area contributed by atoms with Gasteiger partial charge in [0.25, 0.3) is 0 Å². The Morgan fingerprint density at radius 2 is 1.87 bits per heavy atom. The molecule has 0 radical (unpaired) electrons. The van der Waals surface area contributed by atoms with Crippen molar-refractivity contribution in [1.29, 1.82) is 0 Å². The summed E-state index contributed by atoms with van der Waals surface area (Å²) < 4.78 is 29.0. The van der Waals surface area contributed by atoms with Crippen molar-refractivity contribution >= 4 is 34.8 Å². The molecule has 2 aromatic carbocycles. The molecular weight excluding hydrogens is 428 g/mol. The van der Waals surface area contributed by atoms with Gasteiger partial charge in [0.2, 0.25) is 11.8 Å². The number of likely N-dealkylation sites (tertiary alicyclic amines) is 1. The minimum atomic E-state index is -2.98. The van der Waals surface area contributed by atoms with Gasteiger partial charge >= 0.3 is 6.61 Å². The first-order chi connectivity index (χ1) is 14.8. The molecule has 0 aliphatic carbocycles. The molecule has 1 saturated heterocycles. The van der Waals surface area contributed by atoms with E-state index in [2.05, 4.69) is 15.4 Å². The fourth-order valence-electron chi connectivity index (χ4n) is 3.52. The van der Waals surface area contributed by atoms with E-state index in [0.29, 0.717) is 18.8 Å². The molecule has 1 heterocycles. The first-order valence-electron chi connectivity index (χ1n) is 9.98. The van der Waals surface area contributed by atoms with Crippen molar-refractivity contribution in [3.63, 3.8) is 0 Å². The highest BCUT2D eigenvalue weighted by molar-refractivity contribution is 6.32. The molecule has 6 nitrogen and oxygen atoms in total. The van der Waals surface area contributed by atoms with E-state index in [-0.39, 0.29) is 28.5 Å². The predicted molar refractivity (Wildman–Crippen MR) is 116 cm³/mol. The minimum absolute atomic E-state index is 0.0265. The molecule has 31 heavy (non-hydrogen) atoms. The summed E-state index contributed by atoms with van der Waals surface area (Å²) in [6.45, 7) is -0.0483. The van der Waals surface area contributed by atoms with Gasteiger partial charge < -0.3 is 15.4 Å². The average Bonchev–Trinajstić information content (AvgIpc) is 2.75. The number of ether oxygens (including phenoxy) is 1. The Morgan fingerprint density at radius 1 is 1.13 bits per heavy atom. The number of piperidine rings is 1. The van der Waals surface area contributed by atoms with Crippen LogP contribution in [0.15, 0.2) is 48.5 Å². The maximum Gasteiger partial charge on any atom is 0.387 e. The lowest BCUT2D eigenvalue weighted by molar-refractivity contribution is -0.125. The molecule has 0 bridgehead atoms. The summed E-state index contributed by atoms with van der Waals surface area (Å²) in [6, 6.07) is 12.8. The van der Waals surface area contributed by atoms with Crippen LogP contribution in [-0.4, -0.2) is 42.5 Å². The van der Waals surface area contributed by atoms with Gasteiger partial charge in [-0.25, -0.2) is 0 Å². The predicted octanol–water partition coefficient (Wildman–Crippen LogP) is 4.62. The monoisotopic (exact) mass is 451 g/mol. The Bertz CT molecular complexity index is 914. The fourth-order valence-corrected chi connectivity index (χ4v) is 3.75. The zero-order valence-corrected chi connectivity index (χ0v) is 17.7. The summed E-state index contributed by atoms with van der Waals surface area (Å²) in [5, 5.41) is 5.63. The third-order valence-electron chi connectivity index (χ3n) is 5.21. The lowest BCUT2D eigenvalue weighted by Crippen LogP contribution is -2.49. The van der Waals surface area contributed by atoms with Crippen LogP contribution < -0.4 is 15.4 Å². The normalized spacial score (nSPS) is 17.8. The van der Waals surface area contributed by atoms with Crippen molar-refractivity contribution in [3.05, 3.63) is 53.6 Å². The summed E-state index contributed by atoms with van der Waals surface area (Å²) in [4.78, 5) is 27.3. The van der Waals surface area contributed by atoms with E-state index in [1.54, 1.807) is 6.92 Å². The lowest BCUT2D eigenvalue weighted by Gasteiger charge is -2.35. The molecule has 1 aliphatic rings. The summed E-state index contributed by atoms with van der Waals surface area (Å²) in [6.07, 6.45) is 1.56. The number of para-hydroxylation sites is 1. The van der Waals surface area contributed by atoms with Crippen LogP contribution >= 0.6 is 11.6 Å². The second-order valence-corrected chi connectivity index (χ2v) is 7.79. The van der Waals surface area contributed by atoms with Crippen molar-refractivity contribution in [2.45, 2.75) is 32.4 Å². The van der Waals surface area contributed by atoms with E-state index in [0.717, 1.165) is 18.5 Å². The molecule has 0 aromatic heterocycles. The Morgan fingerprint density at radius 3 is 2.55 bits per heavy atom. The number of nitrogens with one attached hydrogen (secondary N) is 2. The number of carbonyl (C=O) groups is 2. The van der Waals surface area contributed by atoms with Crippen molar-refractivity contribution in [2.24, 2.45) is 5.92 Å².